The number of hydrogen-bond donors (Lipinski definition) is 2. The Hall–Kier alpha value is -4.20. The zero-order chi connectivity index (χ0) is 25.0. The molecule has 182 valence electrons. The zero-order valence-corrected chi connectivity index (χ0v) is 19.3. The normalized spacial score (nSPS) is 12.2. The van der Waals surface area contributed by atoms with Crippen molar-refractivity contribution in [2.75, 3.05) is 7.11 Å². The maximum Gasteiger partial charge on any atom is 0.408 e. The molecule has 3 aromatic carbocycles. The van der Waals surface area contributed by atoms with Crippen molar-refractivity contribution in [1.82, 2.24) is 10.6 Å². The second-order valence-electron chi connectivity index (χ2n) is 7.83. The van der Waals surface area contributed by atoms with Crippen LogP contribution in [0.5, 0.6) is 0 Å². The molecular formula is C27H27FN2O5. The first-order valence-corrected chi connectivity index (χ1v) is 11.1. The Morgan fingerprint density at radius 2 is 1.37 bits per heavy atom. The minimum absolute atomic E-state index is 0.0322. The molecule has 2 amide bonds. The van der Waals surface area contributed by atoms with E-state index >= 15 is 0 Å². The van der Waals surface area contributed by atoms with Gasteiger partial charge in [-0.1, -0.05) is 78.9 Å². The molecule has 3 aromatic rings. The number of amides is 2. The Bertz CT molecular complexity index is 1120. The van der Waals surface area contributed by atoms with Gasteiger partial charge in [0.15, 0.2) is 0 Å². The molecule has 0 spiro atoms. The highest BCUT2D eigenvalue weighted by atomic mass is 19.1. The van der Waals surface area contributed by atoms with E-state index in [0.29, 0.717) is 0 Å². The molecule has 0 saturated heterocycles. The lowest BCUT2D eigenvalue weighted by molar-refractivity contribution is -0.145. The number of hydrogen-bond acceptors (Lipinski definition) is 5. The molecule has 3 rings (SSSR count). The second kappa shape index (κ2) is 12.9. The summed E-state index contributed by atoms with van der Waals surface area (Å²) in [7, 11) is 1.18. The van der Waals surface area contributed by atoms with Crippen LogP contribution in [0.2, 0.25) is 0 Å². The second-order valence-corrected chi connectivity index (χ2v) is 7.83. The number of carbonyl (C=O) groups is 3. The van der Waals surface area contributed by atoms with E-state index in [2.05, 4.69) is 10.6 Å². The van der Waals surface area contributed by atoms with E-state index in [0.717, 1.165) is 11.1 Å². The largest absolute Gasteiger partial charge is 0.467 e. The van der Waals surface area contributed by atoms with E-state index in [4.69, 9.17) is 9.47 Å². The molecule has 0 aromatic heterocycles. The van der Waals surface area contributed by atoms with Gasteiger partial charge in [-0.15, -0.1) is 0 Å². The van der Waals surface area contributed by atoms with Crippen LogP contribution < -0.4 is 10.6 Å². The number of methoxy groups -OCH3 is 1. The van der Waals surface area contributed by atoms with Crippen molar-refractivity contribution in [2.45, 2.75) is 31.5 Å². The van der Waals surface area contributed by atoms with Crippen LogP contribution in [-0.2, 0) is 38.5 Å². The third-order valence-corrected chi connectivity index (χ3v) is 5.29. The summed E-state index contributed by atoms with van der Waals surface area (Å²) in [5.41, 5.74) is 1.83. The van der Waals surface area contributed by atoms with Crippen LogP contribution in [0.1, 0.15) is 16.7 Å². The molecule has 2 atom stereocenters. The summed E-state index contributed by atoms with van der Waals surface area (Å²) in [6, 6.07) is 22.0. The summed E-state index contributed by atoms with van der Waals surface area (Å²) >= 11 is 0. The number of ether oxygens (including phenoxy) is 2. The van der Waals surface area contributed by atoms with Gasteiger partial charge < -0.3 is 20.1 Å². The minimum atomic E-state index is -1.15. The van der Waals surface area contributed by atoms with Crippen LogP contribution in [0.3, 0.4) is 0 Å². The number of nitrogens with one attached hydrogen (secondary N) is 2. The Kier molecular flexibility index (Phi) is 9.36. The maximum atomic E-state index is 14.2. The Balaban J connectivity index is 1.72. The van der Waals surface area contributed by atoms with Crippen molar-refractivity contribution in [2.24, 2.45) is 0 Å². The third-order valence-electron chi connectivity index (χ3n) is 5.29. The predicted molar refractivity (Wildman–Crippen MR) is 128 cm³/mol. The van der Waals surface area contributed by atoms with E-state index < -0.39 is 35.9 Å². The molecule has 0 aliphatic carbocycles. The van der Waals surface area contributed by atoms with Crippen molar-refractivity contribution in [3.63, 3.8) is 0 Å². The van der Waals surface area contributed by atoms with E-state index in [-0.39, 0.29) is 25.0 Å². The standard InChI is InChI=1S/C27H27FN2O5/c1-34-26(32)24(17-21-14-8-9-15-22(21)28)29-25(31)23(16-19-10-4-2-5-11-19)30-27(33)35-18-20-12-6-3-7-13-20/h2-15,23-24H,16-18H2,1H3,(H,29,31)(H,30,33)/t23-,24-/m1/s1. The molecular weight excluding hydrogens is 451 g/mol. The van der Waals surface area contributed by atoms with Crippen molar-refractivity contribution in [3.05, 3.63) is 107 Å². The number of esters is 1. The van der Waals surface area contributed by atoms with E-state index in [1.54, 1.807) is 6.07 Å². The number of carbonyl (C=O) groups excluding carboxylic acids is 3. The van der Waals surface area contributed by atoms with Crippen molar-refractivity contribution in [1.29, 1.82) is 0 Å². The molecule has 0 fully saturated rings. The van der Waals surface area contributed by atoms with Crippen molar-refractivity contribution < 1.29 is 28.2 Å². The maximum absolute atomic E-state index is 14.2. The molecule has 0 bridgehead atoms. The van der Waals surface area contributed by atoms with Crippen LogP contribution in [0.25, 0.3) is 0 Å². The van der Waals surface area contributed by atoms with Crippen LogP contribution >= 0.6 is 0 Å². The summed E-state index contributed by atoms with van der Waals surface area (Å²) < 4.78 is 24.2. The van der Waals surface area contributed by atoms with Crippen LogP contribution in [0, 0.1) is 5.82 Å². The summed E-state index contributed by atoms with van der Waals surface area (Å²) in [6.07, 6.45) is -0.740. The number of benzene rings is 3. The Labute approximate surface area is 203 Å². The van der Waals surface area contributed by atoms with Gasteiger partial charge in [0.25, 0.3) is 0 Å². The molecule has 0 radical (unpaired) electrons. The van der Waals surface area contributed by atoms with Gasteiger partial charge in [0.1, 0.15) is 24.5 Å². The van der Waals surface area contributed by atoms with Crippen molar-refractivity contribution in [3.8, 4) is 0 Å². The van der Waals surface area contributed by atoms with Gasteiger partial charge in [-0.25, -0.2) is 14.0 Å². The van der Waals surface area contributed by atoms with Gasteiger partial charge in [-0.2, -0.15) is 0 Å². The van der Waals surface area contributed by atoms with Gasteiger partial charge in [-0.05, 0) is 22.8 Å². The fourth-order valence-electron chi connectivity index (χ4n) is 3.46. The quantitative estimate of drug-likeness (QED) is 0.435. The number of halogens is 1. The predicted octanol–water partition coefficient (Wildman–Crippen LogP) is 3.56. The highest BCUT2D eigenvalue weighted by Crippen LogP contribution is 2.11. The van der Waals surface area contributed by atoms with Gasteiger partial charge in [0.05, 0.1) is 7.11 Å². The average molecular weight is 479 g/mol. The summed E-state index contributed by atoms with van der Waals surface area (Å²) in [5.74, 6) is -1.86. The molecule has 0 aliphatic rings. The summed E-state index contributed by atoms with van der Waals surface area (Å²) in [5, 5.41) is 5.17. The highest BCUT2D eigenvalue weighted by molar-refractivity contribution is 5.90. The van der Waals surface area contributed by atoms with E-state index in [1.807, 2.05) is 60.7 Å². The van der Waals surface area contributed by atoms with E-state index in [9.17, 15) is 18.8 Å². The molecule has 8 heteroatoms. The zero-order valence-electron chi connectivity index (χ0n) is 19.3. The fraction of sp³-hybridized carbons (Fsp3) is 0.222. The molecule has 0 unspecified atom stereocenters. The monoisotopic (exact) mass is 478 g/mol. The molecule has 7 nitrogen and oxygen atoms in total. The number of rotatable bonds is 10. The number of alkyl carbamates (subject to hydrolysis) is 1. The van der Waals surface area contributed by atoms with Gasteiger partial charge >= 0.3 is 12.1 Å². The van der Waals surface area contributed by atoms with Gasteiger partial charge in [-0.3, -0.25) is 4.79 Å². The first-order chi connectivity index (χ1) is 17.0. The van der Waals surface area contributed by atoms with Crippen LogP contribution in [-0.4, -0.2) is 37.2 Å². The lowest BCUT2D eigenvalue weighted by Crippen LogP contribution is -2.53. The third kappa shape index (κ3) is 7.96. The SMILES string of the molecule is COC(=O)[C@@H](Cc1ccccc1F)NC(=O)[C@@H](Cc1ccccc1)NC(=O)OCc1ccccc1. The topological polar surface area (TPSA) is 93.7 Å². The van der Waals surface area contributed by atoms with Gasteiger partial charge in [0, 0.05) is 12.8 Å². The highest BCUT2D eigenvalue weighted by Gasteiger charge is 2.28. The van der Waals surface area contributed by atoms with Crippen molar-refractivity contribution >= 4 is 18.0 Å². The molecule has 35 heavy (non-hydrogen) atoms. The molecule has 2 N–H and O–H groups in total. The summed E-state index contributed by atoms with van der Waals surface area (Å²) in [6.45, 7) is 0.0322. The molecule has 0 saturated carbocycles. The smallest absolute Gasteiger partial charge is 0.408 e. The summed E-state index contributed by atoms with van der Waals surface area (Å²) in [4.78, 5) is 38.0. The van der Waals surface area contributed by atoms with Gasteiger partial charge in [0.2, 0.25) is 5.91 Å². The fourth-order valence-corrected chi connectivity index (χ4v) is 3.46. The minimum Gasteiger partial charge on any atom is -0.467 e. The first-order valence-electron chi connectivity index (χ1n) is 11.1. The Morgan fingerprint density at radius 3 is 2.00 bits per heavy atom. The van der Waals surface area contributed by atoms with E-state index in [1.165, 1.54) is 25.3 Å². The average Bonchev–Trinajstić information content (AvgIpc) is 2.88. The van der Waals surface area contributed by atoms with Crippen LogP contribution in [0.4, 0.5) is 9.18 Å². The lowest BCUT2D eigenvalue weighted by atomic mass is 10.0. The molecule has 0 aliphatic heterocycles. The Morgan fingerprint density at radius 1 is 0.771 bits per heavy atom. The van der Waals surface area contributed by atoms with Crippen LogP contribution in [0.15, 0.2) is 84.9 Å². The molecule has 0 heterocycles. The first kappa shape index (κ1) is 25.4. The lowest BCUT2D eigenvalue weighted by Gasteiger charge is -2.22.